The highest BCUT2D eigenvalue weighted by Gasteiger charge is 2.30. The first kappa shape index (κ1) is 20.3. The topological polar surface area (TPSA) is 61.8 Å². The fourth-order valence-corrected chi connectivity index (χ4v) is 4.14. The summed E-state index contributed by atoms with van der Waals surface area (Å²) in [6, 6.07) is 6.46. The molecule has 2 aliphatic rings. The van der Waals surface area contributed by atoms with Gasteiger partial charge >= 0.3 is 0 Å². The van der Waals surface area contributed by atoms with Crippen LogP contribution in [0.25, 0.3) is 6.08 Å². The summed E-state index contributed by atoms with van der Waals surface area (Å²) in [5, 5.41) is 3.49. The standard InChI is InChI=1S/C21H24FN3O2S/c1-2-12-25-20(27)18(13-15-8-6-7-11-17(15)22)24-21(25)28-14-19(26)23-16-9-4-3-5-10-16/h2,6-8,11,13,16H,1,3-5,9-10,12,14H2,(H,23,26)/b18-13-. The van der Waals surface area contributed by atoms with Crippen molar-refractivity contribution in [2.75, 3.05) is 12.3 Å². The van der Waals surface area contributed by atoms with Crippen molar-refractivity contribution in [1.82, 2.24) is 10.2 Å². The van der Waals surface area contributed by atoms with Gasteiger partial charge in [-0.25, -0.2) is 9.38 Å². The Morgan fingerprint density at radius 3 is 2.79 bits per heavy atom. The minimum atomic E-state index is -0.416. The van der Waals surface area contributed by atoms with Crippen molar-refractivity contribution in [2.24, 2.45) is 4.99 Å². The Morgan fingerprint density at radius 1 is 1.32 bits per heavy atom. The highest BCUT2D eigenvalue weighted by molar-refractivity contribution is 8.14. The van der Waals surface area contributed by atoms with E-state index in [1.54, 1.807) is 24.3 Å². The van der Waals surface area contributed by atoms with E-state index in [0.717, 1.165) is 25.7 Å². The average molecular weight is 402 g/mol. The van der Waals surface area contributed by atoms with Crippen molar-refractivity contribution in [1.29, 1.82) is 0 Å². The average Bonchev–Trinajstić information content (AvgIpc) is 2.98. The lowest BCUT2D eigenvalue weighted by molar-refractivity contribution is -0.122. The van der Waals surface area contributed by atoms with Crippen molar-refractivity contribution in [3.05, 3.63) is 54.0 Å². The SMILES string of the molecule is C=CCN1C(=O)/C(=C/c2ccccc2F)N=C1SCC(=O)NC1CCCCC1. The number of rotatable bonds is 6. The zero-order valence-corrected chi connectivity index (χ0v) is 16.5. The van der Waals surface area contributed by atoms with E-state index in [9.17, 15) is 14.0 Å². The number of thioether (sulfide) groups is 1. The summed E-state index contributed by atoms with van der Waals surface area (Å²) in [7, 11) is 0. The van der Waals surface area contributed by atoms with Crippen molar-refractivity contribution < 1.29 is 14.0 Å². The van der Waals surface area contributed by atoms with E-state index in [2.05, 4.69) is 16.9 Å². The molecule has 1 heterocycles. The van der Waals surface area contributed by atoms with Gasteiger partial charge in [0, 0.05) is 18.2 Å². The van der Waals surface area contributed by atoms with Gasteiger partial charge < -0.3 is 5.32 Å². The maximum Gasteiger partial charge on any atom is 0.278 e. The van der Waals surface area contributed by atoms with E-state index in [1.165, 1.54) is 35.2 Å². The number of halogens is 1. The Morgan fingerprint density at radius 2 is 2.07 bits per heavy atom. The molecule has 5 nitrogen and oxygen atoms in total. The molecule has 1 aromatic carbocycles. The van der Waals surface area contributed by atoms with Crippen LogP contribution in [0.5, 0.6) is 0 Å². The zero-order chi connectivity index (χ0) is 19.9. The van der Waals surface area contributed by atoms with Crippen molar-refractivity contribution >= 4 is 34.8 Å². The van der Waals surface area contributed by atoms with Gasteiger partial charge in [-0.2, -0.15) is 0 Å². The van der Waals surface area contributed by atoms with Gasteiger partial charge in [-0.3, -0.25) is 14.5 Å². The number of carbonyl (C=O) groups excluding carboxylic acids is 2. The number of nitrogens with one attached hydrogen (secondary N) is 1. The minimum absolute atomic E-state index is 0.0582. The monoisotopic (exact) mass is 401 g/mol. The number of benzene rings is 1. The van der Waals surface area contributed by atoms with Gasteiger partial charge in [-0.15, -0.1) is 6.58 Å². The maximum absolute atomic E-state index is 13.9. The van der Waals surface area contributed by atoms with Crippen LogP contribution in [0.4, 0.5) is 4.39 Å². The number of aliphatic imine (C=N–C) groups is 1. The number of nitrogens with zero attached hydrogens (tertiary/aromatic N) is 2. The van der Waals surface area contributed by atoms with E-state index < -0.39 is 5.82 Å². The summed E-state index contributed by atoms with van der Waals surface area (Å²) in [5.41, 5.74) is 0.455. The molecule has 28 heavy (non-hydrogen) atoms. The van der Waals surface area contributed by atoms with Gasteiger partial charge in [-0.05, 0) is 25.0 Å². The van der Waals surface area contributed by atoms with Crippen LogP contribution in [0.15, 0.2) is 47.6 Å². The molecular formula is C21H24FN3O2S. The molecule has 0 unspecified atom stereocenters. The number of hydrogen-bond acceptors (Lipinski definition) is 4. The molecule has 7 heteroatoms. The zero-order valence-electron chi connectivity index (χ0n) is 15.7. The molecule has 1 N–H and O–H groups in total. The summed E-state index contributed by atoms with van der Waals surface area (Å²) in [5.74, 6) is -0.611. The van der Waals surface area contributed by atoms with Gasteiger partial charge in [0.25, 0.3) is 5.91 Å². The molecular weight excluding hydrogens is 377 g/mol. The molecule has 1 aromatic rings. The minimum Gasteiger partial charge on any atom is -0.353 e. The van der Waals surface area contributed by atoms with Crippen molar-refractivity contribution in [2.45, 2.75) is 38.1 Å². The number of carbonyl (C=O) groups is 2. The normalized spacial score (nSPS) is 19.0. The largest absolute Gasteiger partial charge is 0.353 e. The second-order valence-electron chi connectivity index (χ2n) is 6.84. The Labute approximate surface area is 168 Å². The van der Waals surface area contributed by atoms with Crippen LogP contribution in [-0.2, 0) is 9.59 Å². The Bertz CT molecular complexity index is 816. The van der Waals surface area contributed by atoms with Crippen LogP contribution in [0, 0.1) is 5.82 Å². The predicted octanol–water partition coefficient (Wildman–Crippen LogP) is 3.73. The van der Waals surface area contributed by atoms with Crippen molar-refractivity contribution in [3.8, 4) is 0 Å². The van der Waals surface area contributed by atoms with Gasteiger partial charge in [0.15, 0.2) is 5.17 Å². The molecule has 1 aliphatic heterocycles. The summed E-state index contributed by atoms with van der Waals surface area (Å²) in [4.78, 5) is 30.7. The first-order valence-corrected chi connectivity index (χ1v) is 10.5. The van der Waals surface area contributed by atoms with E-state index in [0.29, 0.717) is 10.7 Å². The molecule has 1 fully saturated rings. The lowest BCUT2D eigenvalue weighted by Gasteiger charge is -2.22. The van der Waals surface area contributed by atoms with Gasteiger partial charge in [0.05, 0.1) is 5.75 Å². The molecule has 1 saturated carbocycles. The molecule has 0 aromatic heterocycles. The molecule has 0 radical (unpaired) electrons. The third-order valence-corrected chi connectivity index (χ3v) is 5.70. The molecule has 0 spiro atoms. The van der Waals surface area contributed by atoms with Crippen LogP contribution in [0.3, 0.4) is 0 Å². The van der Waals surface area contributed by atoms with E-state index in [1.807, 2.05) is 0 Å². The molecule has 3 rings (SSSR count). The van der Waals surface area contributed by atoms with Crippen LogP contribution < -0.4 is 5.32 Å². The van der Waals surface area contributed by atoms with Crippen LogP contribution in [0.1, 0.15) is 37.7 Å². The Balaban J connectivity index is 1.68. The summed E-state index contributed by atoms with van der Waals surface area (Å²) >= 11 is 1.21. The Kier molecular flexibility index (Phi) is 7.03. The smallest absolute Gasteiger partial charge is 0.278 e. The molecule has 0 bridgehead atoms. The van der Waals surface area contributed by atoms with Gasteiger partial charge in [0.1, 0.15) is 11.5 Å². The van der Waals surface area contributed by atoms with E-state index in [4.69, 9.17) is 0 Å². The summed E-state index contributed by atoms with van der Waals surface area (Å²) < 4.78 is 13.9. The van der Waals surface area contributed by atoms with E-state index >= 15 is 0 Å². The predicted molar refractivity (Wildman–Crippen MR) is 111 cm³/mol. The second kappa shape index (κ2) is 9.68. The van der Waals surface area contributed by atoms with Crippen molar-refractivity contribution in [3.63, 3.8) is 0 Å². The lowest BCUT2D eigenvalue weighted by Crippen LogP contribution is -2.38. The number of amides is 2. The lowest BCUT2D eigenvalue weighted by atomic mass is 9.95. The molecule has 0 atom stereocenters. The number of amidine groups is 1. The molecule has 148 valence electrons. The highest BCUT2D eigenvalue weighted by Crippen LogP contribution is 2.25. The fraction of sp³-hybridized carbons (Fsp3) is 0.381. The highest BCUT2D eigenvalue weighted by atomic mass is 32.2. The summed E-state index contributed by atoms with van der Waals surface area (Å²) in [6.45, 7) is 3.95. The third-order valence-electron chi connectivity index (χ3n) is 4.72. The Hall–Kier alpha value is -2.41. The van der Waals surface area contributed by atoms with Crippen LogP contribution in [-0.4, -0.2) is 40.2 Å². The number of hydrogen-bond donors (Lipinski definition) is 1. The van der Waals surface area contributed by atoms with Crippen LogP contribution >= 0.6 is 11.8 Å². The fourth-order valence-electron chi connectivity index (χ4n) is 3.32. The molecule has 1 aliphatic carbocycles. The van der Waals surface area contributed by atoms with Crippen LogP contribution in [0.2, 0.25) is 0 Å². The summed E-state index contributed by atoms with van der Waals surface area (Å²) in [6.07, 6.45) is 8.61. The van der Waals surface area contributed by atoms with Gasteiger partial charge in [-0.1, -0.05) is 55.3 Å². The first-order valence-electron chi connectivity index (χ1n) is 9.48. The molecule has 2 amide bonds. The third kappa shape index (κ3) is 5.10. The quantitative estimate of drug-likeness (QED) is 0.584. The molecule has 0 saturated heterocycles. The maximum atomic E-state index is 13.9. The second-order valence-corrected chi connectivity index (χ2v) is 7.78. The first-order chi connectivity index (χ1) is 13.6. The van der Waals surface area contributed by atoms with Gasteiger partial charge in [0.2, 0.25) is 5.91 Å². The van der Waals surface area contributed by atoms with E-state index in [-0.39, 0.29) is 35.9 Å².